The fraction of sp³-hybridized carbons (Fsp3) is 0.0714. The van der Waals surface area contributed by atoms with Gasteiger partial charge in [-0.05, 0) is 60.5 Å². The topological polar surface area (TPSA) is 70.5 Å². The first-order chi connectivity index (χ1) is 16.7. The third kappa shape index (κ3) is 4.76. The van der Waals surface area contributed by atoms with E-state index in [1.165, 1.54) is 11.1 Å². The summed E-state index contributed by atoms with van der Waals surface area (Å²) < 4.78 is 2.05. The summed E-state index contributed by atoms with van der Waals surface area (Å²) in [5.41, 5.74) is 13.5. The first-order valence-electron chi connectivity index (χ1n) is 11.1. The number of nitrogens with one attached hydrogen (secondary N) is 3. The second-order valence-corrected chi connectivity index (χ2v) is 8.15. The van der Waals surface area contributed by atoms with Gasteiger partial charge in [-0.2, -0.15) is 0 Å². The number of aryl methyl sites for hydroxylation is 1. The van der Waals surface area contributed by atoms with Gasteiger partial charge in [-0.25, -0.2) is 4.98 Å². The van der Waals surface area contributed by atoms with Crippen molar-refractivity contribution in [2.75, 3.05) is 10.7 Å². The van der Waals surface area contributed by atoms with Crippen LogP contribution in [0.25, 0.3) is 16.8 Å². The molecule has 0 bridgehead atoms. The normalized spacial score (nSPS) is 10.7. The predicted octanol–water partition coefficient (Wildman–Crippen LogP) is 5.68. The van der Waals surface area contributed by atoms with Crippen molar-refractivity contribution >= 4 is 22.9 Å². The highest BCUT2D eigenvalue weighted by Crippen LogP contribution is 2.24. The van der Waals surface area contributed by atoms with E-state index in [4.69, 9.17) is 0 Å². The van der Waals surface area contributed by atoms with Gasteiger partial charge in [-0.3, -0.25) is 15.6 Å². The van der Waals surface area contributed by atoms with E-state index in [0.29, 0.717) is 12.1 Å². The first kappa shape index (κ1) is 21.3. The Hall–Kier alpha value is -4.58. The minimum atomic E-state index is -0.194. The van der Waals surface area contributed by atoms with Crippen LogP contribution in [-0.4, -0.2) is 15.3 Å². The molecule has 0 atom stereocenters. The molecule has 6 nitrogen and oxygen atoms in total. The number of hydrazine groups is 1. The van der Waals surface area contributed by atoms with Gasteiger partial charge in [0.05, 0.1) is 5.69 Å². The van der Waals surface area contributed by atoms with Crippen molar-refractivity contribution in [3.05, 3.63) is 120 Å². The number of carbonyl (C=O) groups is 1. The summed E-state index contributed by atoms with van der Waals surface area (Å²) in [6.07, 6.45) is 5.88. The average molecular weight is 448 g/mol. The van der Waals surface area contributed by atoms with E-state index >= 15 is 0 Å². The number of carbonyl (C=O) groups excluding carboxylic acids is 1. The fourth-order valence-electron chi connectivity index (χ4n) is 3.80. The number of hydrogen-bond acceptors (Lipinski definition) is 4. The average Bonchev–Trinajstić information content (AvgIpc) is 3.36. The van der Waals surface area contributed by atoms with Crippen LogP contribution in [0.4, 0.5) is 11.4 Å². The maximum Gasteiger partial charge on any atom is 0.269 e. The monoisotopic (exact) mass is 447 g/mol. The third-order valence-corrected chi connectivity index (χ3v) is 5.67. The van der Waals surface area contributed by atoms with Crippen LogP contribution in [0.3, 0.4) is 0 Å². The molecule has 6 heteroatoms. The Kier molecular flexibility index (Phi) is 5.95. The second kappa shape index (κ2) is 9.50. The molecule has 0 spiro atoms. The van der Waals surface area contributed by atoms with Crippen molar-refractivity contribution in [1.82, 2.24) is 14.8 Å². The number of nitrogens with zero attached hydrogens (tertiary/aromatic N) is 2. The van der Waals surface area contributed by atoms with Gasteiger partial charge in [-0.15, -0.1) is 0 Å². The van der Waals surface area contributed by atoms with E-state index in [-0.39, 0.29) is 5.91 Å². The number of para-hydroxylation sites is 1. The van der Waals surface area contributed by atoms with E-state index in [9.17, 15) is 4.79 Å². The van der Waals surface area contributed by atoms with Crippen molar-refractivity contribution in [3.63, 3.8) is 0 Å². The van der Waals surface area contributed by atoms with Gasteiger partial charge in [0.15, 0.2) is 0 Å². The van der Waals surface area contributed by atoms with Gasteiger partial charge < -0.3 is 9.72 Å². The smallest absolute Gasteiger partial charge is 0.269 e. The molecule has 0 unspecified atom stereocenters. The van der Waals surface area contributed by atoms with Crippen LogP contribution in [0.5, 0.6) is 0 Å². The van der Waals surface area contributed by atoms with Crippen LogP contribution in [-0.2, 0) is 6.54 Å². The fourth-order valence-corrected chi connectivity index (χ4v) is 3.80. The number of rotatable bonds is 7. The molecule has 168 valence electrons. The molecule has 0 saturated carbocycles. The zero-order valence-corrected chi connectivity index (χ0v) is 18.8. The molecule has 0 aliphatic heterocycles. The number of fused-ring (bicyclic) bond motifs is 1. The van der Waals surface area contributed by atoms with Crippen LogP contribution in [0.1, 0.15) is 21.5 Å². The van der Waals surface area contributed by atoms with Crippen molar-refractivity contribution in [1.29, 1.82) is 0 Å². The lowest BCUT2D eigenvalue weighted by molar-refractivity contribution is 0.0962. The Morgan fingerprint density at radius 2 is 1.65 bits per heavy atom. The number of aromatic nitrogens is 2. The summed E-state index contributed by atoms with van der Waals surface area (Å²) in [6.45, 7) is 2.70. The van der Waals surface area contributed by atoms with Gasteiger partial charge in [0.25, 0.3) is 5.91 Å². The second-order valence-electron chi connectivity index (χ2n) is 8.15. The van der Waals surface area contributed by atoms with Crippen LogP contribution in [0.15, 0.2) is 104 Å². The molecular weight excluding hydrogens is 422 g/mol. The molecule has 0 radical (unpaired) electrons. The van der Waals surface area contributed by atoms with E-state index in [0.717, 1.165) is 28.1 Å². The molecule has 0 saturated heterocycles. The molecule has 1 amide bonds. The number of anilines is 2. The highest BCUT2D eigenvalue weighted by molar-refractivity contribution is 5.95. The zero-order chi connectivity index (χ0) is 23.3. The Balaban J connectivity index is 1.27. The Bertz CT molecular complexity index is 1410. The molecular formula is C28H25N5O. The number of imidazole rings is 1. The molecule has 34 heavy (non-hydrogen) atoms. The van der Waals surface area contributed by atoms with Crippen molar-refractivity contribution < 1.29 is 4.79 Å². The maximum atomic E-state index is 12.4. The zero-order valence-electron chi connectivity index (χ0n) is 18.8. The van der Waals surface area contributed by atoms with Crippen LogP contribution < -0.4 is 16.2 Å². The molecule has 2 aromatic heterocycles. The van der Waals surface area contributed by atoms with E-state index in [1.54, 1.807) is 12.1 Å². The number of amides is 1. The van der Waals surface area contributed by atoms with Crippen LogP contribution in [0.2, 0.25) is 0 Å². The molecule has 0 aliphatic carbocycles. The highest BCUT2D eigenvalue weighted by atomic mass is 16.2. The maximum absolute atomic E-state index is 12.4. The lowest BCUT2D eigenvalue weighted by atomic mass is 10.0. The molecule has 5 rings (SSSR count). The predicted molar refractivity (Wildman–Crippen MR) is 137 cm³/mol. The van der Waals surface area contributed by atoms with E-state index in [1.807, 2.05) is 54.9 Å². The number of hydrogen-bond donors (Lipinski definition) is 3. The summed E-state index contributed by atoms with van der Waals surface area (Å²) in [5.74, 6) is -0.194. The molecule has 0 fully saturated rings. The van der Waals surface area contributed by atoms with Gasteiger partial charge in [0.1, 0.15) is 5.65 Å². The molecule has 2 heterocycles. The summed E-state index contributed by atoms with van der Waals surface area (Å²) in [5, 5.41) is 3.45. The molecule has 3 aromatic carbocycles. The quantitative estimate of drug-likeness (QED) is 0.281. The van der Waals surface area contributed by atoms with E-state index in [2.05, 4.69) is 69.0 Å². The third-order valence-electron chi connectivity index (χ3n) is 5.67. The minimum Gasteiger partial charge on any atom is -0.381 e. The standard InChI is InChI=1S/C28H25N5O/c1-20-7-9-21(10-8-20)24-17-23(27-29-15-16-33(27)19-24)18-30-25-13-11-22(12-14-25)28(34)32-31-26-5-3-2-4-6-26/h2-17,19,30-31H,18H2,1H3,(H,32,34). The minimum absolute atomic E-state index is 0.194. The Morgan fingerprint density at radius 3 is 2.41 bits per heavy atom. The Morgan fingerprint density at radius 1 is 0.882 bits per heavy atom. The van der Waals surface area contributed by atoms with Crippen molar-refractivity contribution in [3.8, 4) is 11.1 Å². The number of pyridine rings is 1. The van der Waals surface area contributed by atoms with Gasteiger partial charge in [-0.1, -0.05) is 48.0 Å². The van der Waals surface area contributed by atoms with Gasteiger partial charge in [0.2, 0.25) is 0 Å². The summed E-state index contributed by atoms with van der Waals surface area (Å²) >= 11 is 0. The molecule has 3 N–H and O–H groups in total. The lowest BCUT2D eigenvalue weighted by Gasteiger charge is -2.12. The van der Waals surface area contributed by atoms with Gasteiger partial charge in [0, 0.05) is 41.9 Å². The van der Waals surface area contributed by atoms with Crippen LogP contribution in [0, 0.1) is 6.92 Å². The SMILES string of the molecule is Cc1ccc(-c2cc(CNc3ccc(C(=O)NNc4ccccc4)cc3)c3nccn3c2)cc1. The number of benzene rings is 3. The molecule has 5 aromatic rings. The first-order valence-corrected chi connectivity index (χ1v) is 11.1. The molecule has 0 aliphatic rings. The Labute approximate surface area is 198 Å². The summed E-state index contributed by atoms with van der Waals surface area (Å²) in [6, 6.07) is 27.6. The van der Waals surface area contributed by atoms with Crippen molar-refractivity contribution in [2.45, 2.75) is 13.5 Å². The lowest BCUT2D eigenvalue weighted by Crippen LogP contribution is -2.29. The largest absolute Gasteiger partial charge is 0.381 e. The summed E-state index contributed by atoms with van der Waals surface area (Å²) in [4.78, 5) is 16.9. The highest BCUT2D eigenvalue weighted by Gasteiger charge is 2.09. The van der Waals surface area contributed by atoms with E-state index < -0.39 is 0 Å². The van der Waals surface area contributed by atoms with Crippen molar-refractivity contribution in [2.24, 2.45) is 0 Å². The summed E-state index contributed by atoms with van der Waals surface area (Å²) in [7, 11) is 0. The van der Waals surface area contributed by atoms with Gasteiger partial charge >= 0.3 is 0 Å². The van der Waals surface area contributed by atoms with Crippen LogP contribution >= 0.6 is 0 Å².